The number of nitrogens with zero attached hydrogens (tertiary/aromatic N) is 3. The quantitative estimate of drug-likeness (QED) is 0.593. The van der Waals surface area contributed by atoms with Gasteiger partial charge in [-0.15, -0.1) is 11.3 Å². The first-order chi connectivity index (χ1) is 14.5. The summed E-state index contributed by atoms with van der Waals surface area (Å²) in [6.07, 6.45) is 2.68. The molecular weight excluding hydrogens is 443 g/mol. The first-order valence-corrected chi connectivity index (χ1v) is 11.1. The maximum atomic E-state index is 12.8. The lowest BCUT2D eigenvalue weighted by molar-refractivity contribution is -0.121. The van der Waals surface area contributed by atoms with Crippen LogP contribution >= 0.6 is 34.5 Å². The van der Waals surface area contributed by atoms with Crippen molar-refractivity contribution in [3.8, 4) is 10.6 Å². The Hall–Kier alpha value is -2.48. The van der Waals surface area contributed by atoms with Gasteiger partial charge in [0, 0.05) is 41.2 Å². The van der Waals surface area contributed by atoms with Crippen LogP contribution in [0.1, 0.15) is 23.3 Å². The highest BCUT2D eigenvalue weighted by Crippen LogP contribution is 2.27. The number of benzene rings is 1. The maximum Gasteiger partial charge on any atom is 0.273 e. The Bertz CT molecular complexity index is 1060. The molecule has 1 N–H and O–H groups in total. The smallest absolute Gasteiger partial charge is 0.273 e. The van der Waals surface area contributed by atoms with Crippen molar-refractivity contribution in [3.63, 3.8) is 0 Å². The first kappa shape index (κ1) is 20.8. The lowest BCUT2D eigenvalue weighted by atomic mass is 9.95. The van der Waals surface area contributed by atoms with Crippen LogP contribution in [0.4, 0.5) is 5.82 Å². The van der Waals surface area contributed by atoms with Crippen molar-refractivity contribution in [1.29, 1.82) is 0 Å². The molecule has 30 heavy (non-hydrogen) atoms. The number of likely N-dealkylation sites (tertiary alicyclic amines) is 1. The van der Waals surface area contributed by atoms with E-state index >= 15 is 0 Å². The molecule has 0 atom stereocenters. The van der Waals surface area contributed by atoms with E-state index in [1.165, 1.54) is 17.5 Å². The van der Waals surface area contributed by atoms with Gasteiger partial charge < -0.3 is 10.2 Å². The number of hydrogen-bond donors (Lipinski definition) is 1. The highest BCUT2D eigenvalue weighted by Gasteiger charge is 2.29. The van der Waals surface area contributed by atoms with Crippen molar-refractivity contribution >= 4 is 52.2 Å². The third kappa shape index (κ3) is 4.80. The summed E-state index contributed by atoms with van der Waals surface area (Å²) in [4.78, 5) is 35.6. The lowest BCUT2D eigenvalue weighted by Gasteiger charge is -2.30. The number of nitrogens with one attached hydrogen (secondary N) is 1. The van der Waals surface area contributed by atoms with Gasteiger partial charge in [0.1, 0.15) is 16.5 Å². The molecule has 0 saturated carbocycles. The van der Waals surface area contributed by atoms with E-state index in [2.05, 4.69) is 15.3 Å². The van der Waals surface area contributed by atoms with Gasteiger partial charge in [0.15, 0.2) is 0 Å². The minimum absolute atomic E-state index is 0.0891. The standard InChI is InChI=1S/C21H18Cl2N4O2S/c22-15-3-1-2-14(10-15)20-25-17(12-30-20)21(29)27-8-6-13(7-9-27)19(28)26-18-5-4-16(23)11-24-18/h1-5,10-13H,6-9H2,(H,24,26,28). The summed E-state index contributed by atoms with van der Waals surface area (Å²) < 4.78 is 0. The van der Waals surface area contributed by atoms with Crippen molar-refractivity contribution < 1.29 is 9.59 Å². The third-order valence-electron chi connectivity index (χ3n) is 4.93. The number of thiazole rings is 1. The number of halogens is 2. The van der Waals surface area contributed by atoms with E-state index in [1.807, 2.05) is 18.2 Å². The number of pyridine rings is 1. The summed E-state index contributed by atoms with van der Waals surface area (Å²) in [5.41, 5.74) is 1.31. The summed E-state index contributed by atoms with van der Waals surface area (Å²) in [6.45, 7) is 1.02. The average molecular weight is 461 g/mol. The number of carbonyl (C=O) groups excluding carboxylic acids is 2. The van der Waals surface area contributed by atoms with Crippen LogP contribution in [0.3, 0.4) is 0 Å². The Balaban J connectivity index is 1.34. The molecule has 0 bridgehead atoms. The van der Waals surface area contributed by atoms with Gasteiger partial charge in [-0.05, 0) is 37.1 Å². The number of aromatic nitrogens is 2. The minimum atomic E-state index is -0.163. The average Bonchev–Trinajstić information content (AvgIpc) is 3.25. The van der Waals surface area contributed by atoms with Crippen LogP contribution < -0.4 is 5.32 Å². The molecule has 0 spiro atoms. The van der Waals surface area contributed by atoms with Crippen LogP contribution in [0.2, 0.25) is 10.0 Å². The Morgan fingerprint density at radius 1 is 1.10 bits per heavy atom. The zero-order chi connectivity index (χ0) is 21.1. The van der Waals surface area contributed by atoms with Gasteiger partial charge >= 0.3 is 0 Å². The number of carbonyl (C=O) groups is 2. The second kappa shape index (κ2) is 9.12. The predicted molar refractivity (Wildman–Crippen MR) is 119 cm³/mol. The van der Waals surface area contributed by atoms with Crippen LogP contribution in [0.5, 0.6) is 0 Å². The first-order valence-electron chi connectivity index (χ1n) is 9.43. The molecule has 3 aromatic rings. The minimum Gasteiger partial charge on any atom is -0.337 e. The second-order valence-electron chi connectivity index (χ2n) is 6.97. The van der Waals surface area contributed by atoms with Crippen LogP contribution in [0.15, 0.2) is 48.0 Å². The van der Waals surface area contributed by atoms with Gasteiger partial charge in [-0.2, -0.15) is 0 Å². The second-order valence-corrected chi connectivity index (χ2v) is 8.70. The fraction of sp³-hybridized carbons (Fsp3) is 0.238. The molecule has 9 heteroatoms. The van der Waals surface area contributed by atoms with Crippen LogP contribution in [0, 0.1) is 5.92 Å². The molecule has 4 rings (SSSR count). The van der Waals surface area contributed by atoms with Gasteiger partial charge in [-0.1, -0.05) is 35.3 Å². The summed E-state index contributed by atoms with van der Waals surface area (Å²) in [5.74, 6) is 0.106. The highest BCUT2D eigenvalue weighted by atomic mass is 35.5. The molecule has 1 aliphatic rings. The van der Waals surface area contributed by atoms with Crippen molar-refractivity contribution in [2.24, 2.45) is 5.92 Å². The summed E-state index contributed by atoms with van der Waals surface area (Å²) in [7, 11) is 0. The number of hydrogen-bond acceptors (Lipinski definition) is 5. The van der Waals surface area contributed by atoms with E-state index in [0.717, 1.165) is 10.6 Å². The van der Waals surface area contributed by atoms with E-state index < -0.39 is 0 Å². The number of rotatable bonds is 4. The molecule has 0 radical (unpaired) electrons. The predicted octanol–water partition coefficient (Wildman–Crippen LogP) is 5.00. The molecule has 1 fully saturated rings. The molecule has 2 amide bonds. The lowest BCUT2D eigenvalue weighted by Crippen LogP contribution is -2.41. The molecular formula is C21H18Cl2N4O2S. The number of piperidine rings is 1. The van der Waals surface area contributed by atoms with Crippen LogP contribution in [-0.4, -0.2) is 39.8 Å². The molecule has 2 aromatic heterocycles. The summed E-state index contributed by atoms with van der Waals surface area (Å²) >= 11 is 13.3. The van der Waals surface area contributed by atoms with Crippen molar-refractivity contribution in [1.82, 2.24) is 14.9 Å². The van der Waals surface area contributed by atoms with Gasteiger partial charge in [0.05, 0.1) is 5.02 Å². The van der Waals surface area contributed by atoms with Gasteiger partial charge in [0.25, 0.3) is 5.91 Å². The molecule has 0 aliphatic carbocycles. The zero-order valence-electron chi connectivity index (χ0n) is 15.8. The molecule has 1 saturated heterocycles. The van der Waals surface area contributed by atoms with Crippen molar-refractivity contribution in [2.45, 2.75) is 12.8 Å². The molecule has 154 valence electrons. The Labute approximate surface area is 187 Å². The fourth-order valence-corrected chi connectivity index (χ4v) is 4.40. The Morgan fingerprint density at radius 3 is 2.60 bits per heavy atom. The van der Waals surface area contributed by atoms with Crippen molar-refractivity contribution in [3.05, 3.63) is 63.7 Å². The van der Waals surface area contributed by atoms with Gasteiger partial charge in [-0.25, -0.2) is 9.97 Å². The third-order valence-corrected chi connectivity index (χ3v) is 6.28. The van der Waals surface area contributed by atoms with Gasteiger partial charge in [-0.3, -0.25) is 9.59 Å². The maximum absolute atomic E-state index is 12.8. The van der Waals surface area contributed by atoms with Crippen LogP contribution in [0.25, 0.3) is 10.6 Å². The molecule has 1 aromatic carbocycles. The van der Waals surface area contributed by atoms with E-state index in [4.69, 9.17) is 23.2 Å². The fourth-order valence-electron chi connectivity index (χ4n) is 3.31. The largest absolute Gasteiger partial charge is 0.337 e. The monoisotopic (exact) mass is 460 g/mol. The Morgan fingerprint density at radius 2 is 1.90 bits per heavy atom. The Kier molecular flexibility index (Phi) is 6.32. The number of anilines is 1. The molecule has 6 nitrogen and oxygen atoms in total. The van der Waals surface area contributed by atoms with E-state index in [0.29, 0.717) is 47.5 Å². The number of amides is 2. The van der Waals surface area contributed by atoms with E-state index in [9.17, 15) is 9.59 Å². The van der Waals surface area contributed by atoms with E-state index in [1.54, 1.807) is 28.5 Å². The normalized spacial score (nSPS) is 14.5. The zero-order valence-corrected chi connectivity index (χ0v) is 18.2. The molecule has 3 heterocycles. The topological polar surface area (TPSA) is 75.2 Å². The van der Waals surface area contributed by atoms with Crippen LogP contribution in [-0.2, 0) is 4.79 Å². The van der Waals surface area contributed by atoms with Crippen molar-refractivity contribution in [2.75, 3.05) is 18.4 Å². The highest BCUT2D eigenvalue weighted by molar-refractivity contribution is 7.13. The summed E-state index contributed by atoms with van der Waals surface area (Å²) in [6, 6.07) is 10.7. The van der Waals surface area contributed by atoms with Gasteiger partial charge in [0.2, 0.25) is 5.91 Å². The molecule has 1 aliphatic heterocycles. The molecule has 0 unspecified atom stereocenters. The SMILES string of the molecule is O=C(Nc1ccc(Cl)cn1)C1CCN(C(=O)c2csc(-c3cccc(Cl)c3)n2)CC1. The summed E-state index contributed by atoms with van der Waals surface area (Å²) in [5, 5.41) is 6.47. The van der Waals surface area contributed by atoms with E-state index in [-0.39, 0.29) is 17.7 Å².